The number of aromatic nitrogens is 2. The number of aliphatic hydroxyl groups excluding tert-OH is 1. The zero-order valence-corrected chi connectivity index (χ0v) is 13.1. The summed E-state index contributed by atoms with van der Waals surface area (Å²) in [4.78, 5) is 23.1. The van der Waals surface area contributed by atoms with Gasteiger partial charge in [-0.15, -0.1) is 0 Å². The highest BCUT2D eigenvalue weighted by Crippen LogP contribution is 2.40. The Morgan fingerprint density at radius 2 is 1.90 bits per heavy atom. The quantitative estimate of drug-likeness (QED) is 0.706. The van der Waals surface area contributed by atoms with Crippen LogP contribution in [0.1, 0.15) is 20.3 Å². The van der Waals surface area contributed by atoms with E-state index in [-0.39, 0.29) is 6.42 Å². The molecule has 1 aliphatic carbocycles. The molecule has 1 aromatic rings. The molecule has 1 aromatic heterocycles. The van der Waals surface area contributed by atoms with Crippen LogP contribution in [0.5, 0.6) is 0 Å². The molecule has 9 heteroatoms. The van der Waals surface area contributed by atoms with Crippen molar-refractivity contribution in [2.45, 2.75) is 37.3 Å². The molecule has 0 bridgehead atoms. The molecular weight excluding hydrogens is 298 g/mol. The molecule has 8 nitrogen and oxygen atoms in total. The van der Waals surface area contributed by atoms with E-state index < -0.39 is 43.7 Å². The maximum Gasteiger partial charge on any atom is 0.330 e. The van der Waals surface area contributed by atoms with Crippen molar-refractivity contribution in [3.8, 4) is 0 Å². The second kappa shape index (κ2) is 4.79. The first-order chi connectivity index (χ1) is 9.48. The highest BCUT2D eigenvalue weighted by molar-refractivity contribution is 7.89. The molecular formula is C12H19N3O5S. The van der Waals surface area contributed by atoms with E-state index in [1.165, 1.54) is 14.1 Å². The number of nitrogens with one attached hydrogen (secondary N) is 1. The van der Waals surface area contributed by atoms with E-state index in [9.17, 15) is 23.1 Å². The van der Waals surface area contributed by atoms with E-state index in [0.29, 0.717) is 0 Å². The standard InChI is InChI=1S/C12H19N3O5S/c1-12(2)8(5-9(12)16)13-21(19,20)7-6-14(3)11(18)15(4)10(7)17/h6,8-9,13,16H,5H2,1-4H3. The summed E-state index contributed by atoms with van der Waals surface area (Å²) in [5.41, 5.74) is -2.07. The fraction of sp³-hybridized carbons (Fsp3) is 0.667. The summed E-state index contributed by atoms with van der Waals surface area (Å²) in [6.45, 7) is 3.49. The summed E-state index contributed by atoms with van der Waals surface area (Å²) in [5.74, 6) is 0. The van der Waals surface area contributed by atoms with E-state index in [0.717, 1.165) is 15.3 Å². The highest BCUT2D eigenvalue weighted by Gasteiger charge is 2.49. The molecule has 1 heterocycles. The molecule has 0 spiro atoms. The third kappa shape index (κ3) is 2.45. The summed E-state index contributed by atoms with van der Waals surface area (Å²) in [6.07, 6.45) is 0.709. The van der Waals surface area contributed by atoms with Crippen LogP contribution >= 0.6 is 0 Å². The first-order valence-corrected chi connectivity index (χ1v) is 7.94. The smallest absolute Gasteiger partial charge is 0.330 e. The van der Waals surface area contributed by atoms with Crippen molar-refractivity contribution in [1.82, 2.24) is 13.9 Å². The summed E-state index contributed by atoms with van der Waals surface area (Å²) < 4.78 is 28.9. The van der Waals surface area contributed by atoms with Gasteiger partial charge in [0.25, 0.3) is 5.56 Å². The third-order valence-electron chi connectivity index (χ3n) is 4.22. The lowest BCUT2D eigenvalue weighted by molar-refractivity contribution is -0.0645. The van der Waals surface area contributed by atoms with Gasteiger partial charge in [0.15, 0.2) is 4.90 Å². The fourth-order valence-electron chi connectivity index (χ4n) is 2.31. The van der Waals surface area contributed by atoms with Crippen LogP contribution < -0.4 is 16.0 Å². The number of nitrogens with zero attached hydrogens (tertiary/aromatic N) is 2. The van der Waals surface area contributed by atoms with E-state index in [1.807, 2.05) is 0 Å². The number of hydrogen-bond acceptors (Lipinski definition) is 5. The van der Waals surface area contributed by atoms with Gasteiger partial charge in [-0.2, -0.15) is 0 Å². The molecule has 0 aromatic carbocycles. The molecule has 2 atom stereocenters. The molecule has 0 amide bonds. The Morgan fingerprint density at radius 1 is 1.33 bits per heavy atom. The van der Waals surface area contributed by atoms with Crippen molar-refractivity contribution < 1.29 is 13.5 Å². The predicted octanol–water partition coefficient (Wildman–Crippen LogP) is -1.48. The molecule has 1 saturated carbocycles. The summed E-state index contributed by atoms with van der Waals surface area (Å²) >= 11 is 0. The minimum Gasteiger partial charge on any atom is -0.392 e. The lowest BCUT2D eigenvalue weighted by Crippen LogP contribution is -2.61. The van der Waals surface area contributed by atoms with Crippen LogP contribution in [0.25, 0.3) is 0 Å². The van der Waals surface area contributed by atoms with Crippen LogP contribution in [-0.4, -0.2) is 34.8 Å². The van der Waals surface area contributed by atoms with E-state index >= 15 is 0 Å². The summed E-state index contributed by atoms with van der Waals surface area (Å²) in [7, 11) is -1.47. The van der Waals surface area contributed by atoms with Crippen LogP contribution in [0.4, 0.5) is 0 Å². The molecule has 2 unspecified atom stereocenters. The second-order valence-electron chi connectivity index (χ2n) is 6.00. The van der Waals surface area contributed by atoms with Crippen LogP contribution in [-0.2, 0) is 24.1 Å². The largest absolute Gasteiger partial charge is 0.392 e. The van der Waals surface area contributed by atoms with Gasteiger partial charge in [0, 0.05) is 31.7 Å². The number of aliphatic hydroxyl groups is 1. The molecule has 21 heavy (non-hydrogen) atoms. The van der Waals surface area contributed by atoms with Crippen LogP contribution in [0.3, 0.4) is 0 Å². The van der Waals surface area contributed by atoms with Gasteiger partial charge in [-0.25, -0.2) is 17.9 Å². The molecule has 2 rings (SSSR count). The van der Waals surface area contributed by atoms with E-state index in [4.69, 9.17) is 0 Å². The summed E-state index contributed by atoms with van der Waals surface area (Å²) in [5, 5.41) is 9.65. The highest BCUT2D eigenvalue weighted by atomic mass is 32.2. The maximum atomic E-state index is 12.3. The van der Waals surface area contributed by atoms with Gasteiger partial charge in [-0.3, -0.25) is 9.36 Å². The maximum absolute atomic E-state index is 12.3. The lowest BCUT2D eigenvalue weighted by atomic mass is 9.65. The van der Waals surface area contributed by atoms with Gasteiger partial charge in [-0.1, -0.05) is 13.8 Å². The topological polar surface area (TPSA) is 110 Å². The Labute approximate surface area is 122 Å². The Kier molecular flexibility index (Phi) is 3.63. The van der Waals surface area contributed by atoms with Gasteiger partial charge >= 0.3 is 5.69 Å². The van der Waals surface area contributed by atoms with Crippen LogP contribution in [0.2, 0.25) is 0 Å². The zero-order chi connectivity index (χ0) is 16.2. The van der Waals surface area contributed by atoms with Gasteiger partial charge < -0.3 is 9.67 Å². The molecule has 2 N–H and O–H groups in total. The van der Waals surface area contributed by atoms with Crippen molar-refractivity contribution in [3.05, 3.63) is 27.0 Å². The molecule has 118 valence electrons. The monoisotopic (exact) mass is 317 g/mol. The number of rotatable bonds is 3. The molecule has 1 fully saturated rings. The first kappa shape index (κ1) is 15.9. The molecule has 0 aliphatic heterocycles. The van der Waals surface area contributed by atoms with Gasteiger partial charge in [-0.05, 0) is 6.42 Å². The van der Waals surface area contributed by atoms with E-state index in [1.54, 1.807) is 13.8 Å². The predicted molar refractivity (Wildman–Crippen MR) is 75.4 cm³/mol. The zero-order valence-electron chi connectivity index (χ0n) is 12.3. The molecule has 1 aliphatic rings. The second-order valence-corrected chi connectivity index (χ2v) is 7.68. The van der Waals surface area contributed by atoms with E-state index in [2.05, 4.69) is 4.72 Å². The normalized spacial score (nSPS) is 24.6. The lowest BCUT2D eigenvalue weighted by Gasteiger charge is -2.49. The minimum atomic E-state index is -4.06. The SMILES string of the molecule is Cn1cc(S(=O)(=O)NC2CC(O)C2(C)C)c(=O)n(C)c1=O. The average Bonchev–Trinajstić information content (AvgIpc) is 2.39. The number of aryl methyl sites for hydroxylation is 1. The van der Waals surface area contributed by atoms with Crippen molar-refractivity contribution in [2.24, 2.45) is 19.5 Å². The Morgan fingerprint density at radius 3 is 2.38 bits per heavy atom. The number of sulfonamides is 1. The summed E-state index contributed by atoms with van der Waals surface area (Å²) in [6, 6.07) is -0.459. The average molecular weight is 317 g/mol. The Hall–Kier alpha value is -1.45. The van der Waals surface area contributed by atoms with Gasteiger partial charge in [0.2, 0.25) is 10.0 Å². The van der Waals surface area contributed by atoms with Crippen molar-refractivity contribution in [3.63, 3.8) is 0 Å². The minimum absolute atomic E-state index is 0.290. The van der Waals surface area contributed by atoms with Crippen LogP contribution in [0.15, 0.2) is 20.7 Å². The fourth-order valence-corrected chi connectivity index (χ4v) is 3.88. The van der Waals surface area contributed by atoms with Crippen molar-refractivity contribution >= 4 is 10.0 Å². The number of hydrogen-bond donors (Lipinski definition) is 2. The molecule has 0 saturated heterocycles. The first-order valence-electron chi connectivity index (χ1n) is 6.45. The Balaban J connectivity index is 2.43. The van der Waals surface area contributed by atoms with Crippen molar-refractivity contribution in [2.75, 3.05) is 0 Å². The molecule has 0 radical (unpaired) electrons. The Bertz CT molecular complexity index is 790. The van der Waals surface area contributed by atoms with Crippen molar-refractivity contribution in [1.29, 1.82) is 0 Å². The third-order valence-corrected chi connectivity index (χ3v) is 5.67. The van der Waals surface area contributed by atoms with Gasteiger partial charge in [0.1, 0.15) is 0 Å². The van der Waals surface area contributed by atoms with Crippen LogP contribution in [0, 0.1) is 5.41 Å². The van der Waals surface area contributed by atoms with Gasteiger partial charge in [0.05, 0.1) is 6.10 Å².